The van der Waals surface area contributed by atoms with Crippen LogP contribution in [-0.4, -0.2) is 18.7 Å². The molecule has 0 aromatic heterocycles. The quantitative estimate of drug-likeness (QED) is 0.822. The van der Waals surface area contributed by atoms with E-state index in [0.29, 0.717) is 5.92 Å². The molecule has 1 heterocycles. The molecule has 0 aliphatic carbocycles. The fourth-order valence-corrected chi connectivity index (χ4v) is 3.47. The zero-order chi connectivity index (χ0) is 14.8. The molecule has 1 saturated heterocycles. The lowest BCUT2D eigenvalue weighted by atomic mass is 9.88. The van der Waals surface area contributed by atoms with Gasteiger partial charge in [-0.15, -0.1) is 0 Å². The molecule has 0 amide bonds. The van der Waals surface area contributed by atoms with Gasteiger partial charge in [-0.05, 0) is 51.3 Å². The minimum Gasteiger partial charge on any atom is -0.373 e. The van der Waals surface area contributed by atoms with Crippen LogP contribution in [0, 0.1) is 5.92 Å². The minimum atomic E-state index is 0.138. The zero-order valence-electron chi connectivity index (χ0n) is 12.4. The third-order valence-electron chi connectivity index (χ3n) is 3.61. The number of ether oxygens (including phenoxy) is 1. The van der Waals surface area contributed by atoms with Crippen LogP contribution in [0.5, 0.6) is 0 Å². The van der Waals surface area contributed by atoms with E-state index in [2.05, 4.69) is 48.1 Å². The Labute approximate surface area is 135 Å². The van der Waals surface area contributed by atoms with E-state index in [1.165, 1.54) is 12.0 Å². The standard InChI is InChI=1S/C16H23BrClNO/c1-16(2,3)19-10-11-5-4-8-20-15(11)13-7-6-12(18)9-14(13)17/h6-7,9,11,15,19H,4-5,8,10H2,1-3H3. The summed E-state index contributed by atoms with van der Waals surface area (Å²) < 4.78 is 7.09. The predicted octanol–water partition coefficient (Wildman–Crippen LogP) is 4.96. The lowest BCUT2D eigenvalue weighted by Crippen LogP contribution is -2.41. The smallest absolute Gasteiger partial charge is 0.0876 e. The highest BCUT2D eigenvalue weighted by molar-refractivity contribution is 9.10. The van der Waals surface area contributed by atoms with Crippen molar-refractivity contribution in [3.8, 4) is 0 Å². The summed E-state index contributed by atoms with van der Waals surface area (Å²) in [6.07, 6.45) is 2.48. The maximum Gasteiger partial charge on any atom is 0.0876 e. The molecule has 1 aromatic rings. The second kappa shape index (κ2) is 6.78. The van der Waals surface area contributed by atoms with Crippen LogP contribution in [0.2, 0.25) is 5.02 Å². The van der Waals surface area contributed by atoms with Crippen LogP contribution in [0.3, 0.4) is 0 Å². The van der Waals surface area contributed by atoms with Gasteiger partial charge in [-0.2, -0.15) is 0 Å². The second-order valence-electron chi connectivity index (χ2n) is 6.49. The van der Waals surface area contributed by atoms with E-state index in [9.17, 15) is 0 Å². The number of hydrogen-bond acceptors (Lipinski definition) is 2. The average Bonchev–Trinajstić information content (AvgIpc) is 2.36. The molecule has 1 aromatic carbocycles. The number of rotatable bonds is 3. The third-order valence-corrected chi connectivity index (χ3v) is 4.53. The molecular weight excluding hydrogens is 338 g/mol. The Morgan fingerprint density at radius 1 is 1.40 bits per heavy atom. The van der Waals surface area contributed by atoms with Crippen LogP contribution in [0.4, 0.5) is 0 Å². The monoisotopic (exact) mass is 359 g/mol. The lowest BCUT2D eigenvalue weighted by molar-refractivity contribution is -0.0296. The topological polar surface area (TPSA) is 21.3 Å². The molecule has 4 heteroatoms. The van der Waals surface area contributed by atoms with Gasteiger partial charge in [-0.25, -0.2) is 0 Å². The molecule has 0 radical (unpaired) electrons. The lowest BCUT2D eigenvalue weighted by Gasteiger charge is -2.35. The van der Waals surface area contributed by atoms with E-state index in [-0.39, 0.29) is 11.6 Å². The highest BCUT2D eigenvalue weighted by Gasteiger charge is 2.29. The molecule has 2 unspecified atom stereocenters. The van der Waals surface area contributed by atoms with Crippen molar-refractivity contribution in [1.29, 1.82) is 0 Å². The SMILES string of the molecule is CC(C)(C)NCC1CCCOC1c1ccc(Cl)cc1Br. The Hall–Kier alpha value is -0.0900. The van der Waals surface area contributed by atoms with Gasteiger partial charge in [0.15, 0.2) is 0 Å². The van der Waals surface area contributed by atoms with Gasteiger partial charge < -0.3 is 10.1 Å². The second-order valence-corrected chi connectivity index (χ2v) is 7.78. The molecule has 1 fully saturated rings. The van der Waals surface area contributed by atoms with E-state index in [1.54, 1.807) is 0 Å². The van der Waals surface area contributed by atoms with Crippen molar-refractivity contribution in [3.05, 3.63) is 33.3 Å². The van der Waals surface area contributed by atoms with Crippen molar-refractivity contribution in [1.82, 2.24) is 5.32 Å². The van der Waals surface area contributed by atoms with E-state index in [4.69, 9.17) is 16.3 Å². The summed E-state index contributed by atoms with van der Waals surface area (Å²) in [6.45, 7) is 8.41. The number of nitrogens with one attached hydrogen (secondary N) is 1. The summed E-state index contributed by atoms with van der Waals surface area (Å²) in [5.41, 5.74) is 1.34. The Bertz CT molecular complexity index is 458. The first-order valence-electron chi connectivity index (χ1n) is 7.18. The Morgan fingerprint density at radius 2 is 2.15 bits per heavy atom. The Kier molecular flexibility index (Phi) is 5.52. The molecule has 1 N–H and O–H groups in total. The molecule has 112 valence electrons. The molecule has 20 heavy (non-hydrogen) atoms. The summed E-state index contributed by atoms with van der Waals surface area (Å²) >= 11 is 9.65. The highest BCUT2D eigenvalue weighted by atomic mass is 79.9. The molecule has 1 aliphatic rings. The van der Waals surface area contributed by atoms with Crippen molar-refractivity contribution in [2.45, 2.75) is 45.3 Å². The van der Waals surface area contributed by atoms with Gasteiger partial charge in [-0.3, -0.25) is 0 Å². The average molecular weight is 361 g/mol. The van der Waals surface area contributed by atoms with Gasteiger partial charge in [0.05, 0.1) is 6.10 Å². The summed E-state index contributed by atoms with van der Waals surface area (Å²) in [5.74, 6) is 0.500. The summed E-state index contributed by atoms with van der Waals surface area (Å²) in [5, 5.41) is 4.35. The van der Waals surface area contributed by atoms with Crippen LogP contribution in [0.1, 0.15) is 45.3 Å². The fraction of sp³-hybridized carbons (Fsp3) is 0.625. The maximum atomic E-state index is 6.05. The van der Waals surface area contributed by atoms with Crippen LogP contribution in [-0.2, 0) is 4.74 Å². The first-order valence-corrected chi connectivity index (χ1v) is 8.35. The van der Waals surface area contributed by atoms with E-state index in [0.717, 1.165) is 29.1 Å². The molecule has 1 aliphatic heterocycles. The molecule has 2 nitrogen and oxygen atoms in total. The van der Waals surface area contributed by atoms with E-state index >= 15 is 0 Å². The van der Waals surface area contributed by atoms with Gasteiger partial charge in [0.25, 0.3) is 0 Å². The van der Waals surface area contributed by atoms with Crippen molar-refractivity contribution in [2.75, 3.05) is 13.2 Å². The molecule has 0 saturated carbocycles. The normalized spacial score (nSPS) is 23.9. The van der Waals surface area contributed by atoms with Crippen molar-refractivity contribution in [2.24, 2.45) is 5.92 Å². The molecule has 2 atom stereocenters. The van der Waals surface area contributed by atoms with Crippen LogP contribution in [0.15, 0.2) is 22.7 Å². The van der Waals surface area contributed by atoms with Gasteiger partial charge in [-0.1, -0.05) is 33.6 Å². The molecule has 0 bridgehead atoms. The van der Waals surface area contributed by atoms with Crippen LogP contribution < -0.4 is 5.32 Å². The number of benzene rings is 1. The fourth-order valence-electron chi connectivity index (χ4n) is 2.57. The van der Waals surface area contributed by atoms with E-state index < -0.39 is 0 Å². The van der Waals surface area contributed by atoms with Gasteiger partial charge in [0, 0.05) is 34.1 Å². The van der Waals surface area contributed by atoms with Crippen molar-refractivity contribution in [3.63, 3.8) is 0 Å². The van der Waals surface area contributed by atoms with Gasteiger partial charge >= 0.3 is 0 Å². The first-order chi connectivity index (χ1) is 9.37. The number of halogens is 2. The summed E-state index contributed by atoms with van der Waals surface area (Å²) in [7, 11) is 0. The first kappa shape index (κ1) is 16.3. The van der Waals surface area contributed by atoms with Gasteiger partial charge in [0.2, 0.25) is 0 Å². The Morgan fingerprint density at radius 3 is 2.80 bits per heavy atom. The maximum absolute atomic E-state index is 6.05. The zero-order valence-corrected chi connectivity index (χ0v) is 14.7. The summed E-state index contributed by atoms with van der Waals surface area (Å²) in [4.78, 5) is 0. The van der Waals surface area contributed by atoms with Crippen LogP contribution in [0.25, 0.3) is 0 Å². The third kappa shape index (κ3) is 4.45. The Balaban J connectivity index is 2.14. The summed E-state index contributed by atoms with van der Waals surface area (Å²) in [6, 6.07) is 5.96. The molecule has 2 rings (SSSR count). The minimum absolute atomic E-state index is 0.138. The van der Waals surface area contributed by atoms with Crippen molar-refractivity contribution >= 4 is 27.5 Å². The van der Waals surface area contributed by atoms with Crippen molar-refractivity contribution < 1.29 is 4.74 Å². The van der Waals surface area contributed by atoms with Crippen LogP contribution >= 0.6 is 27.5 Å². The number of hydrogen-bond donors (Lipinski definition) is 1. The largest absolute Gasteiger partial charge is 0.373 e. The molecule has 0 spiro atoms. The van der Waals surface area contributed by atoms with Gasteiger partial charge in [0.1, 0.15) is 0 Å². The predicted molar refractivity (Wildman–Crippen MR) is 88.3 cm³/mol. The highest BCUT2D eigenvalue weighted by Crippen LogP contribution is 2.38. The molecular formula is C16H23BrClNO. The van der Waals surface area contributed by atoms with E-state index in [1.807, 2.05) is 12.1 Å².